The van der Waals surface area contributed by atoms with E-state index < -0.39 is 11.4 Å². The summed E-state index contributed by atoms with van der Waals surface area (Å²) in [6, 6.07) is 9.66. The van der Waals surface area contributed by atoms with Crippen molar-refractivity contribution in [1.29, 1.82) is 0 Å². The summed E-state index contributed by atoms with van der Waals surface area (Å²) in [5, 5.41) is 9.34. The molecule has 1 aromatic carbocycles. The smallest absolute Gasteiger partial charge is 0.311 e. The summed E-state index contributed by atoms with van der Waals surface area (Å²) in [4.78, 5) is 11.4. The highest BCUT2D eigenvalue weighted by molar-refractivity contribution is 5.75. The highest BCUT2D eigenvalue weighted by atomic mass is 16.4. The molecule has 88 valence electrons. The van der Waals surface area contributed by atoms with Crippen molar-refractivity contribution in [1.82, 2.24) is 0 Å². The molecule has 1 rings (SSSR count). The van der Waals surface area contributed by atoms with Crippen LogP contribution >= 0.6 is 0 Å². The minimum atomic E-state index is -0.809. The molecule has 0 saturated carbocycles. The molecule has 1 atom stereocenters. The third-order valence-corrected chi connectivity index (χ3v) is 2.96. The predicted octanol–water partition coefficient (Wildman–Crippen LogP) is 2.06. The molecular weight excluding hydrogens is 202 g/mol. The fourth-order valence-electron chi connectivity index (χ4n) is 2.00. The highest BCUT2D eigenvalue weighted by Gasteiger charge is 2.36. The Balaban J connectivity index is 2.90. The summed E-state index contributed by atoms with van der Waals surface area (Å²) < 4.78 is 0. The van der Waals surface area contributed by atoms with Crippen LogP contribution in [0.25, 0.3) is 0 Å². The van der Waals surface area contributed by atoms with Gasteiger partial charge < -0.3 is 10.8 Å². The summed E-state index contributed by atoms with van der Waals surface area (Å²) in [6.45, 7) is 2.17. The number of rotatable bonds is 6. The van der Waals surface area contributed by atoms with Crippen molar-refractivity contribution in [3.63, 3.8) is 0 Å². The topological polar surface area (TPSA) is 63.3 Å². The molecule has 3 N–H and O–H groups in total. The van der Waals surface area contributed by atoms with E-state index in [0.29, 0.717) is 12.8 Å². The lowest BCUT2D eigenvalue weighted by molar-refractivity contribution is -0.148. The van der Waals surface area contributed by atoms with Crippen LogP contribution in [0.3, 0.4) is 0 Å². The second-order valence-electron chi connectivity index (χ2n) is 4.20. The SMILES string of the molecule is CCCC(CN)(Cc1ccccc1)C(=O)O. The number of carbonyl (C=O) groups is 1. The molecule has 0 aliphatic heterocycles. The van der Waals surface area contributed by atoms with E-state index >= 15 is 0 Å². The molecule has 0 saturated heterocycles. The van der Waals surface area contributed by atoms with Gasteiger partial charge in [-0.05, 0) is 18.4 Å². The van der Waals surface area contributed by atoms with Crippen molar-refractivity contribution >= 4 is 5.97 Å². The molecule has 0 spiro atoms. The van der Waals surface area contributed by atoms with Crippen molar-refractivity contribution in [3.8, 4) is 0 Å². The number of carboxylic acid groups (broad SMARTS) is 1. The van der Waals surface area contributed by atoms with Crippen LogP contribution in [0.2, 0.25) is 0 Å². The van der Waals surface area contributed by atoms with Crippen molar-refractivity contribution in [2.24, 2.45) is 11.1 Å². The van der Waals surface area contributed by atoms with Gasteiger partial charge in [0.25, 0.3) is 0 Å². The molecule has 0 aliphatic carbocycles. The van der Waals surface area contributed by atoms with E-state index in [1.54, 1.807) is 0 Å². The molecule has 16 heavy (non-hydrogen) atoms. The van der Waals surface area contributed by atoms with Gasteiger partial charge in [-0.3, -0.25) is 4.79 Å². The molecule has 0 bridgehead atoms. The zero-order valence-corrected chi connectivity index (χ0v) is 9.65. The van der Waals surface area contributed by atoms with E-state index in [2.05, 4.69) is 0 Å². The van der Waals surface area contributed by atoms with Crippen LogP contribution < -0.4 is 5.73 Å². The van der Waals surface area contributed by atoms with Gasteiger partial charge in [-0.1, -0.05) is 43.7 Å². The number of hydrogen-bond donors (Lipinski definition) is 2. The van der Waals surface area contributed by atoms with Gasteiger partial charge in [0, 0.05) is 6.54 Å². The maximum Gasteiger partial charge on any atom is 0.311 e. The molecule has 3 heteroatoms. The Kier molecular flexibility index (Phi) is 4.50. The van der Waals surface area contributed by atoms with E-state index in [0.717, 1.165) is 12.0 Å². The minimum absolute atomic E-state index is 0.186. The molecule has 0 aromatic heterocycles. The van der Waals surface area contributed by atoms with Crippen LogP contribution in [0.5, 0.6) is 0 Å². The van der Waals surface area contributed by atoms with Gasteiger partial charge in [-0.25, -0.2) is 0 Å². The first kappa shape index (κ1) is 12.7. The molecule has 3 nitrogen and oxygen atoms in total. The van der Waals surface area contributed by atoms with Crippen LogP contribution in [0.15, 0.2) is 30.3 Å². The lowest BCUT2D eigenvalue weighted by Crippen LogP contribution is -2.40. The summed E-state index contributed by atoms with van der Waals surface area (Å²) in [6.07, 6.45) is 1.96. The average molecular weight is 221 g/mol. The second kappa shape index (κ2) is 5.66. The fraction of sp³-hybridized carbons (Fsp3) is 0.462. The number of nitrogens with two attached hydrogens (primary N) is 1. The van der Waals surface area contributed by atoms with Gasteiger partial charge in [-0.2, -0.15) is 0 Å². The van der Waals surface area contributed by atoms with Crippen LogP contribution in [0.1, 0.15) is 25.3 Å². The van der Waals surface area contributed by atoms with E-state index in [9.17, 15) is 9.90 Å². The number of benzene rings is 1. The predicted molar refractivity (Wildman–Crippen MR) is 64.2 cm³/mol. The molecule has 0 amide bonds. The van der Waals surface area contributed by atoms with Crippen LogP contribution in [0, 0.1) is 5.41 Å². The van der Waals surface area contributed by atoms with Crippen LogP contribution in [-0.4, -0.2) is 17.6 Å². The average Bonchev–Trinajstić information content (AvgIpc) is 2.29. The first-order valence-corrected chi connectivity index (χ1v) is 5.62. The van der Waals surface area contributed by atoms with Crippen molar-refractivity contribution < 1.29 is 9.90 Å². The zero-order valence-electron chi connectivity index (χ0n) is 9.65. The van der Waals surface area contributed by atoms with Gasteiger partial charge in [-0.15, -0.1) is 0 Å². The quantitative estimate of drug-likeness (QED) is 0.772. The lowest BCUT2D eigenvalue weighted by Gasteiger charge is -2.27. The standard InChI is InChI=1S/C13H19NO2/c1-2-8-13(10-14,12(15)16)9-11-6-4-3-5-7-11/h3-7H,2,8-10,14H2,1H3,(H,15,16). The first-order valence-electron chi connectivity index (χ1n) is 5.62. The molecule has 0 heterocycles. The minimum Gasteiger partial charge on any atom is -0.481 e. The third-order valence-electron chi connectivity index (χ3n) is 2.96. The molecule has 1 aromatic rings. The van der Waals surface area contributed by atoms with E-state index in [-0.39, 0.29) is 6.54 Å². The Bertz CT molecular complexity index is 337. The summed E-state index contributed by atoms with van der Waals surface area (Å²) >= 11 is 0. The maximum atomic E-state index is 11.4. The van der Waals surface area contributed by atoms with Gasteiger partial charge >= 0.3 is 5.97 Å². The normalized spacial score (nSPS) is 14.4. The number of hydrogen-bond acceptors (Lipinski definition) is 2. The molecule has 0 fully saturated rings. The Morgan fingerprint density at radius 2 is 2.00 bits per heavy atom. The first-order chi connectivity index (χ1) is 7.64. The number of carboxylic acids is 1. The Labute approximate surface area is 96.3 Å². The zero-order chi connectivity index (χ0) is 12.0. The summed E-state index contributed by atoms with van der Waals surface area (Å²) in [5.74, 6) is -0.791. The van der Waals surface area contributed by atoms with Crippen LogP contribution in [-0.2, 0) is 11.2 Å². The van der Waals surface area contributed by atoms with Gasteiger partial charge in [0.15, 0.2) is 0 Å². The van der Waals surface area contributed by atoms with Crippen molar-refractivity contribution in [2.45, 2.75) is 26.2 Å². The Hall–Kier alpha value is -1.35. The molecule has 1 unspecified atom stereocenters. The monoisotopic (exact) mass is 221 g/mol. The highest BCUT2D eigenvalue weighted by Crippen LogP contribution is 2.28. The van der Waals surface area contributed by atoms with E-state index in [1.807, 2.05) is 37.3 Å². The molecular formula is C13H19NO2. The second-order valence-corrected chi connectivity index (χ2v) is 4.20. The summed E-state index contributed by atoms with van der Waals surface area (Å²) in [7, 11) is 0. The van der Waals surface area contributed by atoms with E-state index in [1.165, 1.54) is 0 Å². The van der Waals surface area contributed by atoms with E-state index in [4.69, 9.17) is 5.73 Å². The van der Waals surface area contributed by atoms with Gasteiger partial charge in [0.05, 0.1) is 5.41 Å². The fourth-order valence-corrected chi connectivity index (χ4v) is 2.00. The van der Waals surface area contributed by atoms with Gasteiger partial charge in [0.1, 0.15) is 0 Å². The maximum absolute atomic E-state index is 11.4. The van der Waals surface area contributed by atoms with Crippen molar-refractivity contribution in [3.05, 3.63) is 35.9 Å². The Morgan fingerprint density at radius 3 is 2.44 bits per heavy atom. The van der Waals surface area contributed by atoms with Gasteiger partial charge in [0.2, 0.25) is 0 Å². The molecule has 0 aliphatic rings. The van der Waals surface area contributed by atoms with Crippen LogP contribution in [0.4, 0.5) is 0 Å². The molecule has 0 radical (unpaired) electrons. The third kappa shape index (κ3) is 2.83. The largest absolute Gasteiger partial charge is 0.481 e. The number of aliphatic carboxylic acids is 1. The summed E-state index contributed by atoms with van der Waals surface area (Å²) in [5.41, 5.74) is 5.88. The van der Waals surface area contributed by atoms with Crippen molar-refractivity contribution in [2.75, 3.05) is 6.54 Å². The lowest BCUT2D eigenvalue weighted by atomic mass is 9.78. The Morgan fingerprint density at radius 1 is 1.38 bits per heavy atom.